The standard InChI is InChI=1S/C16H23ClN2O2/c1-3-10-19-14(20)9-5-7-12(18)16(19)15-11(17)6-4-8-13(15)21-2/h4,6,8,12,16H,3,5,7,9-10,18H2,1-2H3. The number of carbonyl (C=O) groups is 1. The molecular weight excluding hydrogens is 288 g/mol. The van der Waals surface area contributed by atoms with Crippen LogP contribution in [0.25, 0.3) is 0 Å². The molecule has 2 unspecified atom stereocenters. The Kier molecular flexibility index (Phi) is 5.48. The van der Waals surface area contributed by atoms with Gasteiger partial charge in [0.2, 0.25) is 5.91 Å². The van der Waals surface area contributed by atoms with E-state index in [4.69, 9.17) is 22.1 Å². The van der Waals surface area contributed by atoms with Gasteiger partial charge in [0.25, 0.3) is 0 Å². The summed E-state index contributed by atoms with van der Waals surface area (Å²) < 4.78 is 5.45. The second-order valence-corrected chi connectivity index (χ2v) is 5.85. The number of methoxy groups -OCH3 is 1. The first-order chi connectivity index (χ1) is 10.1. The molecule has 21 heavy (non-hydrogen) atoms. The number of hydrogen-bond acceptors (Lipinski definition) is 3. The van der Waals surface area contributed by atoms with E-state index in [0.29, 0.717) is 23.7 Å². The Morgan fingerprint density at radius 2 is 2.24 bits per heavy atom. The van der Waals surface area contributed by atoms with Gasteiger partial charge in [-0.2, -0.15) is 0 Å². The number of nitrogens with two attached hydrogens (primary N) is 1. The monoisotopic (exact) mass is 310 g/mol. The molecule has 0 bridgehead atoms. The number of ether oxygens (including phenoxy) is 1. The summed E-state index contributed by atoms with van der Waals surface area (Å²) >= 11 is 6.40. The maximum Gasteiger partial charge on any atom is 0.223 e. The highest BCUT2D eigenvalue weighted by Gasteiger charge is 2.35. The molecule has 1 aromatic rings. The lowest BCUT2D eigenvalue weighted by molar-refractivity contribution is -0.133. The molecule has 5 heteroatoms. The Morgan fingerprint density at radius 1 is 1.48 bits per heavy atom. The first kappa shape index (κ1) is 16.1. The molecule has 0 saturated carbocycles. The Balaban J connectivity index is 2.52. The molecule has 1 amide bonds. The molecule has 2 N–H and O–H groups in total. The first-order valence-electron chi connectivity index (χ1n) is 7.47. The molecule has 4 nitrogen and oxygen atoms in total. The Labute approximate surface area is 131 Å². The van der Waals surface area contributed by atoms with Crippen molar-refractivity contribution < 1.29 is 9.53 Å². The maximum atomic E-state index is 12.4. The quantitative estimate of drug-likeness (QED) is 0.929. The predicted octanol–water partition coefficient (Wildman–Crippen LogP) is 3.14. The zero-order valence-corrected chi connectivity index (χ0v) is 13.4. The van der Waals surface area contributed by atoms with Gasteiger partial charge in [-0.05, 0) is 31.4 Å². The number of carbonyl (C=O) groups excluding carboxylic acids is 1. The van der Waals surface area contributed by atoms with E-state index in [-0.39, 0.29) is 18.0 Å². The van der Waals surface area contributed by atoms with E-state index in [9.17, 15) is 4.79 Å². The minimum absolute atomic E-state index is 0.128. The number of rotatable bonds is 4. The van der Waals surface area contributed by atoms with Crippen molar-refractivity contribution in [1.82, 2.24) is 4.90 Å². The fraction of sp³-hybridized carbons (Fsp3) is 0.562. The van der Waals surface area contributed by atoms with Crippen LogP contribution in [0.2, 0.25) is 5.02 Å². The fourth-order valence-electron chi connectivity index (χ4n) is 3.03. The van der Waals surface area contributed by atoms with Crippen LogP contribution >= 0.6 is 11.6 Å². The number of hydrogen-bond donors (Lipinski definition) is 1. The Hall–Kier alpha value is -1.26. The molecule has 0 spiro atoms. The summed E-state index contributed by atoms with van der Waals surface area (Å²) in [5.41, 5.74) is 7.21. The van der Waals surface area contributed by atoms with Crippen LogP contribution in [0.4, 0.5) is 0 Å². The van der Waals surface area contributed by atoms with Gasteiger partial charge in [0.15, 0.2) is 0 Å². The molecule has 0 radical (unpaired) electrons. The van der Waals surface area contributed by atoms with Gasteiger partial charge >= 0.3 is 0 Å². The van der Waals surface area contributed by atoms with E-state index in [1.165, 1.54) is 0 Å². The molecule has 1 fully saturated rings. The maximum absolute atomic E-state index is 12.4. The summed E-state index contributed by atoms with van der Waals surface area (Å²) in [6.45, 7) is 2.75. The van der Waals surface area contributed by atoms with Crippen molar-refractivity contribution in [3.63, 3.8) is 0 Å². The lowest BCUT2D eigenvalue weighted by Gasteiger charge is -2.35. The summed E-state index contributed by atoms with van der Waals surface area (Å²) in [5.74, 6) is 0.843. The minimum Gasteiger partial charge on any atom is -0.496 e. The van der Waals surface area contributed by atoms with Gasteiger partial charge < -0.3 is 15.4 Å². The Morgan fingerprint density at radius 3 is 2.90 bits per heavy atom. The highest BCUT2D eigenvalue weighted by atomic mass is 35.5. The third-order valence-corrected chi connectivity index (χ3v) is 4.31. The van der Waals surface area contributed by atoms with Gasteiger partial charge in [-0.3, -0.25) is 4.79 Å². The van der Waals surface area contributed by atoms with E-state index in [1.54, 1.807) is 7.11 Å². The van der Waals surface area contributed by atoms with Gasteiger partial charge in [0.1, 0.15) is 5.75 Å². The summed E-state index contributed by atoms with van der Waals surface area (Å²) in [5, 5.41) is 0.602. The molecule has 1 aliphatic rings. The molecule has 1 aliphatic heterocycles. The highest BCUT2D eigenvalue weighted by molar-refractivity contribution is 6.31. The molecule has 1 heterocycles. The number of amides is 1. The minimum atomic E-state index is -0.219. The summed E-state index contributed by atoms with van der Waals surface area (Å²) in [6, 6.07) is 5.19. The molecule has 0 aliphatic carbocycles. The van der Waals surface area contributed by atoms with Crippen LogP contribution in [0, 0.1) is 0 Å². The van der Waals surface area contributed by atoms with E-state index >= 15 is 0 Å². The zero-order valence-electron chi connectivity index (χ0n) is 12.6. The molecular formula is C16H23ClN2O2. The topological polar surface area (TPSA) is 55.6 Å². The number of benzene rings is 1. The smallest absolute Gasteiger partial charge is 0.223 e. The van der Waals surface area contributed by atoms with Crippen LogP contribution < -0.4 is 10.5 Å². The Bertz CT molecular complexity index is 507. The second-order valence-electron chi connectivity index (χ2n) is 5.44. The van der Waals surface area contributed by atoms with Gasteiger partial charge in [-0.25, -0.2) is 0 Å². The summed E-state index contributed by atoms with van der Waals surface area (Å²) in [4.78, 5) is 14.3. The molecule has 1 saturated heterocycles. The van der Waals surface area contributed by atoms with Crippen molar-refractivity contribution in [1.29, 1.82) is 0 Å². The molecule has 2 atom stereocenters. The third kappa shape index (κ3) is 3.33. The molecule has 1 aromatic carbocycles. The van der Waals surface area contributed by atoms with Crippen LogP contribution in [0.15, 0.2) is 18.2 Å². The third-order valence-electron chi connectivity index (χ3n) is 3.98. The lowest BCUT2D eigenvalue weighted by atomic mass is 9.95. The van der Waals surface area contributed by atoms with E-state index in [0.717, 1.165) is 24.8 Å². The van der Waals surface area contributed by atoms with Crippen LogP contribution in [-0.2, 0) is 4.79 Å². The largest absolute Gasteiger partial charge is 0.496 e. The average Bonchev–Trinajstić information content (AvgIpc) is 2.59. The van der Waals surface area contributed by atoms with Crippen LogP contribution in [0.1, 0.15) is 44.2 Å². The van der Waals surface area contributed by atoms with Crippen molar-refractivity contribution in [2.45, 2.75) is 44.7 Å². The van der Waals surface area contributed by atoms with Crippen LogP contribution in [0.5, 0.6) is 5.75 Å². The second kappa shape index (κ2) is 7.14. The molecule has 116 valence electrons. The fourth-order valence-corrected chi connectivity index (χ4v) is 3.31. The van der Waals surface area contributed by atoms with E-state index in [1.807, 2.05) is 23.1 Å². The molecule has 0 aromatic heterocycles. The predicted molar refractivity (Wildman–Crippen MR) is 84.6 cm³/mol. The van der Waals surface area contributed by atoms with E-state index in [2.05, 4.69) is 6.92 Å². The van der Waals surface area contributed by atoms with Crippen molar-refractivity contribution in [3.8, 4) is 5.75 Å². The number of likely N-dealkylation sites (tertiary alicyclic amines) is 1. The summed E-state index contributed by atoms with van der Waals surface area (Å²) in [7, 11) is 1.61. The van der Waals surface area contributed by atoms with Crippen LogP contribution in [0.3, 0.4) is 0 Å². The first-order valence-corrected chi connectivity index (χ1v) is 7.85. The SMILES string of the molecule is CCCN1C(=O)CCCC(N)C1c1c(Cl)cccc1OC. The normalized spacial score (nSPS) is 23.0. The van der Waals surface area contributed by atoms with Gasteiger partial charge in [-0.15, -0.1) is 0 Å². The van der Waals surface area contributed by atoms with Crippen molar-refractivity contribution in [2.24, 2.45) is 5.73 Å². The van der Waals surface area contributed by atoms with Crippen LogP contribution in [-0.4, -0.2) is 30.5 Å². The van der Waals surface area contributed by atoms with Crippen molar-refractivity contribution >= 4 is 17.5 Å². The summed E-state index contributed by atoms with van der Waals surface area (Å²) in [6.07, 6.45) is 3.08. The van der Waals surface area contributed by atoms with E-state index < -0.39 is 0 Å². The highest BCUT2D eigenvalue weighted by Crippen LogP contribution is 2.39. The van der Waals surface area contributed by atoms with Gasteiger partial charge in [0.05, 0.1) is 13.2 Å². The van der Waals surface area contributed by atoms with Crippen molar-refractivity contribution in [3.05, 3.63) is 28.8 Å². The van der Waals surface area contributed by atoms with Crippen molar-refractivity contribution in [2.75, 3.05) is 13.7 Å². The number of nitrogens with zero attached hydrogens (tertiary/aromatic N) is 1. The van der Waals surface area contributed by atoms with Gasteiger partial charge in [-0.1, -0.05) is 24.6 Å². The zero-order chi connectivity index (χ0) is 15.4. The lowest BCUT2D eigenvalue weighted by Crippen LogP contribution is -2.42. The average molecular weight is 311 g/mol. The number of halogens is 1. The molecule has 2 rings (SSSR count). The van der Waals surface area contributed by atoms with Gasteiger partial charge in [0, 0.05) is 29.6 Å².